The molecule has 2 unspecified atom stereocenters. The Morgan fingerprint density at radius 1 is 0.714 bits per heavy atom. The molecule has 2 heterocycles. The first kappa shape index (κ1) is 17.2. The van der Waals surface area contributed by atoms with E-state index in [1.165, 1.54) is 51.9 Å². The summed E-state index contributed by atoms with van der Waals surface area (Å²) in [7, 11) is 0. The van der Waals surface area contributed by atoms with Crippen molar-refractivity contribution in [1.82, 2.24) is 9.80 Å². The highest BCUT2D eigenvalue weighted by Gasteiger charge is 2.14. The molecule has 2 aliphatic heterocycles. The van der Waals surface area contributed by atoms with E-state index in [2.05, 4.69) is 9.80 Å². The molecule has 0 aromatic heterocycles. The Labute approximate surface area is 129 Å². The van der Waals surface area contributed by atoms with Crippen molar-refractivity contribution in [2.45, 2.75) is 52.1 Å². The molecule has 0 spiro atoms. The molecular formula is C16H32N2O3. The average molecular weight is 300 g/mol. The summed E-state index contributed by atoms with van der Waals surface area (Å²) in [6.07, 6.45) is 4.91. The molecule has 5 nitrogen and oxygen atoms in total. The third-order valence-electron chi connectivity index (χ3n) is 4.30. The van der Waals surface area contributed by atoms with Gasteiger partial charge in [-0.2, -0.15) is 0 Å². The van der Waals surface area contributed by atoms with Gasteiger partial charge in [-0.15, -0.1) is 0 Å². The number of hydrogen-bond acceptors (Lipinski definition) is 5. The van der Waals surface area contributed by atoms with Crippen LogP contribution in [0, 0.1) is 0 Å². The molecule has 0 N–H and O–H groups in total. The minimum atomic E-state index is -0.200. The third kappa shape index (κ3) is 7.06. The fourth-order valence-corrected chi connectivity index (χ4v) is 3.06. The van der Waals surface area contributed by atoms with Gasteiger partial charge in [0.25, 0.3) is 0 Å². The predicted molar refractivity (Wildman–Crippen MR) is 83.3 cm³/mol. The Kier molecular flexibility index (Phi) is 7.96. The Bertz CT molecular complexity index is 240. The number of nitrogens with zero attached hydrogens (tertiary/aromatic N) is 2. The molecule has 0 aromatic carbocycles. The second kappa shape index (κ2) is 9.74. The predicted octanol–water partition coefficient (Wildman–Crippen LogP) is 1.92. The zero-order valence-electron chi connectivity index (χ0n) is 13.8. The van der Waals surface area contributed by atoms with Crippen molar-refractivity contribution in [2.24, 2.45) is 0 Å². The van der Waals surface area contributed by atoms with Crippen LogP contribution < -0.4 is 0 Å². The van der Waals surface area contributed by atoms with Gasteiger partial charge in [-0.25, -0.2) is 0 Å². The molecular weight excluding hydrogens is 268 g/mol. The summed E-state index contributed by atoms with van der Waals surface area (Å²) in [5, 5.41) is 0. The van der Waals surface area contributed by atoms with Crippen LogP contribution >= 0.6 is 0 Å². The Morgan fingerprint density at radius 3 is 1.48 bits per heavy atom. The van der Waals surface area contributed by atoms with E-state index in [0.29, 0.717) is 0 Å². The van der Waals surface area contributed by atoms with Gasteiger partial charge < -0.3 is 24.0 Å². The second-order valence-corrected chi connectivity index (χ2v) is 6.11. The van der Waals surface area contributed by atoms with Crippen molar-refractivity contribution in [3.63, 3.8) is 0 Å². The van der Waals surface area contributed by atoms with Gasteiger partial charge in [0.2, 0.25) is 0 Å². The van der Waals surface area contributed by atoms with Gasteiger partial charge in [0.05, 0.1) is 13.2 Å². The first-order chi connectivity index (χ1) is 10.2. The van der Waals surface area contributed by atoms with Crippen LogP contribution in [-0.4, -0.2) is 74.9 Å². The summed E-state index contributed by atoms with van der Waals surface area (Å²) in [5.41, 5.74) is 0. The molecule has 124 valence electrons. The maximum Gasteiger partial charge on any atom is 0.158 e. The van der Waals surface area contributed by atoms with Crippen molar-refractivity contribution >= 4 is 0 Å². The van der Waals surface area contributed by atoms with Crippen molar-refractivity contribution < 1.29 is 14.2 Å². The molecule has 5 heteroatoms. The van der Waals surface area contributed by atoms with E-state index in [1.54, 1.807) is 0 Å². The molecule has 0 amide bonds. The lowest BCUT2D eigenvalue weighted by molar-refractivity contribution is -0.232. The fourth-order valence-electron chi connectivity index (χ4n) is 3.06. The molecule has 0 saturated carbocycles. The normalized spacial score (nSPS) is 23.7. The molecule has 2 aliphatic rings. The number of rotatable bonds is 10. The fraction of sp³-hybridized carbons (Fsp3) is 1.00. The van der Waals surface area contributed by atoms with Crippen LogP contribution in [-0.2, 0) is 14.2 Å². The molecule has 2 rings (SSSR count). The molecule has 2 fully saturated rings. The topological polar surface area (TPSA) is 34.2 Å². The summed E-state index contributed by atoms with van der Waals surface area (Å²) in [6.45, 7) is 12.3. The van der Waals surface area contributed by atoms with Crippen LogP contribution in [0.3, 0.4) is 0 Å². The minimum Gasteiger partial charge on any atom is -0.352 e. The lowest BCUT2D eigenvalue weighted by Crippen LogP contribution is -2.30. The largest absolute Gasteiger partial charge is 0.352 e. The Hall–Kier alpha value is -0.200. The van der Waals surface area contributed by atoms with E-state index < -0.39 is 0 Å². The van der Waals surface area contributed by atoms with Gasteiger partial charge in [-0.1, -0.05) is 0 Å². The van der Waals surface area contributed by atoms with Gasteiger partial charge in [-0.3, -0.25) is 0 Å². The summed E-state index contributed by atoms with van der Waals surface area (Å²) in [4.78, 5) is 4.89. The highest BCUT2D eigenvalue weighted by Crippen LogP contribution is 2.08. The molecule has 0 aromatic rings. The lowest BCUT2D eigenvalue weighted by atomic mass is 10.4. The van der Waals surface area contributed by atoms with E-state index in [4.69, 9.17) is 14.2 Å². The van der Waals surface area contributed by atoms with Gasteiger partial charge in [0.1, 0.15) is 0 Å². The maximum absolute atomic E-state index is 5.70. The molecule has 21 heavy (non-hydrogen) atoms. The van der Waals surface area contributed by atoms with Gasteiger partial charge in [0, 0.05) is 13.1 Å². The van der Waals surface area contributed by atoms with Crippen LogP contribution in [0.2, 0.25) is 0 Å². The van der Waals surface area contributed by atoms with Crippen LogP contribution in [0.5, 0.6) is 0 Å². The van der Waals surface area contributed by atoms with E-state index in [0.717, 1.165) is 26.3 Å². The van der Waals surface area contributed by atoms with Crippen molar-refractivity contribution in [1.29, 1.82) is 0 Å². The number of likely N-dealkylation sites (tertiary alicyclic amines) is 2. The zero-order chi connectivity index (χ0) is 14.9. The monoisotopic (exact) mass is 300 g/mol. The SMILES string of the molecule is CC(OCCN1CCCC1)OC(C)OCCN1CCCC1. The van der Waals surface area contributed by atoms with Crippen LogP contribution in [0.4, 0.5) is 0 Å². The number of ether oxygens (including phenoxy) is 3. The highest BCUT2D eigenvalue weighted by atomic mass is 16.8. The lowest BCUT2D eigenvalue weighted by Gasteiger charge is -2.22. The van der Waals surface area contributed by atoms with E-state index in [-0.39, 0.29) is 12.6 Å². The van der Waals surface area contributed by atoms with Crippen LogP contribution in [0.1, 0.15) is 39.5 Å². The Balaban J connectivity index is 1.45. The van der Waals surface area contributed by atoms with Gasteiger partial charge in [-0.05, 0) is 65.7 Å². The molecule has 2 saturated heterocycles. The van der Waals surface area contributed by atoms with Crippen LogP contribution in [0.25, 0.3) is 0 Å². The maximum atomic E-state index is 5.70. The van der Waals surface area contributed by atoms with Gasteiger partial charge >= 0.3 is 0 Å². The Morgan fingerprint density at radius 2 is 1.10 bits per heavy atom. The van der Waals surface area contributed by atoms with Crippen molar-refractivity contribution in [3.05, 3.63) is 0 Å². The van der Waals surface area contributed by atoms with Crippen molar-refractivity contribution in [3.8, 4) is 0 Å². The smallest absolute Gasteiger partial charge is 0.158 e. The standard InChI is InChI=1S/C16H32N2O3/c1-15(19-13-11-17-7-3-4-8-17)21-16(2)20-14-12-18-9-5-6-10-18/h15-16H,3-14H2,1-2H3. The highest BCUT2D eigenvalue weighted by molar-refractivity contribution is 4.66. The average Bonchev–Trinajstić information content (AvgIpc) is 3.11. The van der Waals surface area contributed by atoms with Gasteiger partial charge in [0.15, 0.2) is 12.6 Å². The minimum absolute atomic E-state index is 0.200. The molecule has 0 radical (unpaired) electrons. The van der Waals surface area contributed by atoms with E-state index in [9.17, 15) is 0 Å². The van der Waals surface area contributed by atoms with Crippen molar-refractivity contribution in [2.75, 3.05) is 52.5 Å². The second-order valence-electron chi connectivity index (χ2n) is 6.11. The third-order valence-corrected chi connectivity index (χ3v) is 4.30. The first-order valence-electron chi connectivity index (χ1n) is 8.57. The molecule has 2 atom stereocenters. The molecule has 0 bridgehead atoms. The first-order valence-corrected chi connectivity index (χ1v) is 8.57. The summed E-state index contributed by atoms with van der Waals surface area (Å²) < 4.78 is 17.1. The zero-order valence-corrected chi connectivity index (χ0v) is 13.8. The van der Waals surface area contributed by atoms with E-state index in [1.807, 2.05) is 13.8 Å². The summed E-state index contributed by atoms with van der Waals surface area (Å²) in [6, 6.07) is 0. The van der Waals surface area contributed by atoms with Crippen LogP contribution in [0.15, 0.2) is 0 Å². The summed E-state index contributed by atoms with van der Waals surface area (Å²) >= 11 is 0. The van der Waals surface area contributed by atoms with E-state index >= 15 is 0 Å². The quantitative estimate of drug-likeness (QED) is 0.576. The summed E-state index contributed by atoms with van der Waals surface area (Å²) in [5.74, 6) is 0. The molecule has 0 aliphatic carbocycles. The number of hydrogen-bond donors (Lipinski definition) is 0.